The Morgan fingerprint density at radius 3 is 3.00 bits per heavy atom. The first-order valence-corrected chi connectivity index (χ1v) is 6.78. The smallest absolute Gasteiger partial charge is 0.235 e. The van der Waals surface area contributed by atoms with E-state index >= 15 is 0 Å². The quantitative estimate of drug-likeness (QED) is 0.340. The lowest BCUT2D eigenvalue weighted by atomic mass is 10.0. The second-order valence-electron chi connectivity index (χ2n) is 4.77. The van der Waals surface area contributed by atoms with Crippen LogP contribution >= 0.6 is 0 Å². The van der Waals surface area contributed by atoms with Crippen LogP contribution in [0.1, 0.15) is 19.8 Å². The van der Waals surface area contributed by atoms with Gasteiger partial charge < -0.3 is 16.3 Å². The Morgan fingerprint density at radius 2 is 2.29 bits per heavy atom. The van der Waals surface area contributed by atoms with Crippen molar-refractivity contribution in [1.29, 1.82) is 0 Å². The monoisotopic (exact) mass is 286 g/mol. The molecule has 21 heavy (non-hydrogen) atoms. The van der Waals surface area contributed by atoms with Crippen LogP contribution in [0.4, 0.5) is 5.69 Å². The number of fused-ring (bicyclic) bond motifs is 1. The van der Waals surface area contributed by atoms with Crippen molar-refractivity contribution in [2.75, 3.05) is 5.32 Å². The molecule has 1 aromatic heterocycles. The molecule has 1 heterocycles. The van der Waals surface area contributed by atoms with Crippen molar-refractivity contribution < 1.29 is 10.0 Å². The summed E-state index contributed by atoms with van der Waals surface area (Å²) < 4.78 is 0. The molecule has 1 aromatic carbocycles. The van der Waals surface area contributed by atoms with E-state index in [0.29, 0.717) is 12.1 Å². The summed E-state index contributed by atoms with van der Waals surface area (Å²) >= 11 is 0. The zero-order chi connectivity index (χ0) is 15.2. The summed E-state index contributed by atoms with van der Waals surface area (Å²) in [5, 5.41) is 15.4. The second kappa shape index (κ2) is 6.69. The number of carbonyl (C=O) groups excluding carboxylic acids is 1. The zero-order valence-electron chi connectivity index (χ0n) is 11.8. The number of benzene rings is 1. The third-order valence-electron chi connectivity index (χ3n) is 3.24. The minimum Gasteiger partial charge on any atom is -0.409 e. The number of pyridine rings is 1. The molecule has 6 heteroatoms. The van der Waals surface area contributed by atoms with Crippen LogP contribution in [-0.4, -0.2) is 21.9 Å². The van der Waals surface area contributed by atoms with Crippen molar-refractivity contribution in [3.05, 3.63) is 36.5 Å². The van der Waals surface area contributed by atoms with E-state index in [4.69, 9.17) is 10.9 Å². The van der Waals surface area contributed by atoms with Crippen molar-refractivity contribution in [3.63, 3.8) is 0 Å². The summed E-state index contributed by atoms with van der Waals surface area (Å²) in [5.74, 6) is -0.989. The molecule has 0 saturated carbocycles. The van der Waals surface area contributed by atoms with Crippen LogP contribution in [0.2, 0.25) is 0 Å². The van der Waals surface area contributed by atoms with Gasteiger partial charge in [-0.25, -0.2) is 0 Å². The number of nitrogens with one attached hydrogen (secondary N) is 1. The maximum absolute atomic E-state index is 12.2. The molecule has 2 rings (SSSR count). The summed E-state index contributed by atoms with van der Waals surface area (Å²) in [6.07, 6.45) is 3.00. The first-order valence-electron chi connectivity index (χ1n) is 6.78. The predicted octanol–water partition coefficient (Wildman–Crippen LogP) is 2.34. The number of rotatable bonds is 5. The number of nitrogens with zero attached hydrogens (tertiary/aromatic N) is 2. The number of hydrogen-bond donors (Lipinski definition) is 3. The Hall–Kier alpha value is -2.63. The van der Waals surface area contributed by atoms with E-state index in [1.54, 1.807) is 12.3 Å². The van der Waals surface area contributed by atoms with Gasteiger partial charge in [-0.2, -0.15) is 0 Å². The number of amides is 1. The highest BCUT2D eigenvalue weighted by Crippen LogP contribution is 2.18. The maximum Gasteiger partial charge on any atom is 0.235 e. The minimum atomic E-state index is -0.635. The summed E-state index contributed by atoms with van der Waals surface area (Å²) in [6, 6.07) is 9.22. The van der Waals surface area contributed by atoms with E-state index in [2.05, 4.69) is 15.5 Å². The molecule has 0 bridgehead atoms. The van der Waals surface area contributed by atoms with E-state index in [0.717, 1.165) is 17.3 Å². The van der Waals surface area contributed by atoms with E-state index in [1.165, 1.54) is 0 Å². The highest BCUT2D eigenvalue weighted by molar-refractivity contribution is 6.08. The molecule has 110 valence electrons. The molecule has 2 aromatic rings. The molecule has 0 spiro atoms. The van der Waals surface area contributed by atoms with Gasteiger partial charge in [0.1, 0.15) is 0 Å². The van der Waals surface area contributed by atoms with Crippen LogP contribution in [0, 0.1) is 5.92 Å². The molecule has 4 N–H and O–H groups in total. The molecule has 1 amide bonds. The number of aromatic nitrogens is 1. The molecule has 6 nitrogen and oxygen atoms in total. The fourth-order valence-electron chi connectivity index (χ4n) is 2.15. The molecule has 0 saturated heterocycles. The molecule has 1 atom stereocenters. The Bertz CT molecular complexity index is 670. The Kier molecular flexibility index (Phi) is 4.71. The topological polar surface area (TPSA) is 101 Å². The van der Waals surface area contributed by atoms with Crippen molar-refractivity contribution in [2.45, 2.75) is 19.8 Å². The Balaban J connectivity index is 2.19. The average molecular weight is 286 g/mol. The molecule has 0 fully saturated rings. The second-order valence-corrected chi connectivity index (χ2v) is 4.77. The van der Waals surface area contributed by atoms with Gasteiger partial charge in [-0.05, 0) is 30.7 Å². The van der Waals surface area contributed by atoms with Crippen molar-refractivity contribution in [2.24, 2.45) is 16.8 Å². The van der Waals surface area contributed by atoms with E-state index in [-0.39, 0.29) is 11.7 Å². The molecule has 0 aliphatic rings. The third kappa shape index (κ3) is 3.47. The van der Waals surface area contributed by atoms with Gasteiger partial charge in [0, 0.05) is 17.3 Å². The number of hydrogen-bond acceptors (Lipinski definition) is 4. The number of anilines is 1. The van der Waals surface area contributed by atoms with Gasteiger partial charge in [0.05, 0.1) is 11.4 Å². The van der Waals surface area contributed by atoms with Crippen LogP contribution in [0.3, 0.4) is 0 Å². The molecule has 1 unspecified atom stereocenters. The van der Waals surface area contributed by atoms with E-state index in [1.807, 2.05) is 31.2 Å². The van der Waals surface area contributed by atoms with E-state index in [9.17, 15) is 4.79 Å². The Morgan fingerprint density at radius 1 is 1.48 bits per heavy atom. The predicted molar refractivity (Wildman–Crippen MR) is 82.2 cm³/mol. The van der Waals surface area contributed by atoms with Crippen LogP contribution in [0.25, 0.3) is 10.9 Å². The highest BCUT2D eigenvalue weighted by Gasteiger charge is 2.22. The standard InChI is InChI=1S/C15H18N4O2/c1-2-4-12(14(16)19-21)15(20)18-11-6-7-13-10(9-11)5-3-8-17-13/h3,5-9,12,21H,2,4H2,1H3,(H2,16,19)(H,18,20). The van der Waals surface area contributed by atoms with Gasteiger partial charge in [-0.3, -0.25) is 9.78 Å². The lowest BCUT2D eigenvalue weighted by Gasteiger charge is -2.14. The van der Waals surface area contributed by atoms with Crippen molar-refractivity contribution in [3.8, 4) is 0 Å². The number of amidine groups is 1. The first-order chi connectivity index (χ1) is 10.2. The molecular weight excluding hydrogens is 268 g/mol. The summed E-state index contributed by atoms with van der Waals surface area (Å²) in [5.41, 5.74) is 7.10. The number of nitrogens with two attached hydrogens (primary N) is 1. The fraction of sp³-hybridized carbons (Fsp3) is 0.267. The van der Waals surface area contributed by atoms with Crippen molar-refractivity contribution in [1.82, 2.24) is 4.98 Å². The minimum absolute atomic E-state index is 0.0724. The highest BCUT2D eigenvalue weighted by atomic mass is 16.4. The van der Waals surface area contributed by atoms with Gasteiger partial charge in [0.2, 0.25) is 5.91 Å². The van der Waals surface area contributed by atoms with Crippen LogP contribution in [0.5, 0.6) is 0 Å². The van der Waals surface area contributed by atoms with Gasteiger partial charge >= 0.3 is 0 Å². The molecular formula is C15H18N4O2. The first kappa shape index (κ1) is 14.8. The number of oxime groups is 1. The van der Waals surface area contributed by atoms with E-state index < -0.39 is 5.92 Å². The van der Waals surface area contributed by atoms with Crippen LogP contribution in [0.15, 0.2) is 41.7 Å². The summed E-state index contributed by atoms with van der Waals surface area (Å²) in [7, 11) is 0. The van der Waals surface area contributed by atoms with Crippen LogP contribution in [-0.2, 0) is 4.79 Å². The molecule has 0 aliphatic carbocycles. The van der Waals surface area contributed by atoms with Gasteiger partial charge in [0.15, 0.2) is 5.84 Å². The number of carbonyl (C=O) groups is 1. The lowest BCUT2D eigenvalue weighted by molar-refractivity contribution is -0.118. The fourth-order valence-corrected chi connectivity index (χ4v) is 2.15. The normalized spacial score (nSPS) is 13.1. The van der Waals surface area contributed by atoms with Gasteiger partial charge in [0.25, 0.3) is 0 Å². The summed E-state index contributed by atoms with van der Waals surface area (Å²) in [6.45, 7) is 1.94. The SMILES string of the molecule is CCCC(C(=O)Nc1ccc2ncccc2c1)C(N)=NO. The van der Waals surface area contributed by atoms with Crippen molar-refractivity contribution >= 4 is 28.3 Å². The lowest BCUT2D eigenvalue weighted by Crippen LogP contribution is -2.34. The molecule has 0 aliphatic heterocycles. The maximum atomic E-state index is 12.2. The largest absolute Gasteiger partial charge is 0.409 e. The Labute approximate surface area is 122 Å². The summed E-state index contributed by atoms with van der Waals surface area (Å²) in [4.78, 5) is 16.5. The van der Waals surface area contributed by atoms with Gasteiger partial charge in [-0.15, -0.1) is 0 Å². The van der Waals surface area contributed by atoms with Gasteiger partial charge in [-0.1, -0.05) is 24.6 Å². The average Bonchev–Trinajstić information content (AvgIpc) is 2.51. The zero-order valence-corrected chi connectivity index (χ0v) is 11.8. The third-order valence-corrected chi connectivity index (χ3v) is 3.24. The van der Waals surface area contributed by atoms with Crippen LogP contribution < -0.4 is 11.1 Å². The molecule has 0 radical (unpaired) electrons.